The van der Waals surface area contributed by atoms with Crippen molar-refractivity contribution in [3.63, 3.8) is 0 Å². The molecule has 0 heterocycles. The molecule has 0 radical (unpaired) electrons. The largest absolute Gasteiger partial charge is 0.493 e. The summed E-state index contributed by atoms with van der Waals surface area (Å²) in [6.45, 7) is 1.37. The third kappa shape index (κ3) is 2.52. The molecule has 0 N–H and O–H groups in total. The summed E-state index contributed by atoms with van der Waals surface area (Å²) in [7, 11) is 1.34. The molecule has 2 nitrogen and oxygen atoms in total. The second-order valence-electron chi connectivity index (χ2n) is 2.38. The fraction of sp³-hybridized carbons (Fsp3) is 0.222. The van der Waals surface area contributed by atoms with E-state index in [4.69, 9.17) is 4.74 Å². The van der Waals surface area contributed by atoms with Gasteiger partial charge in [-0.2, -0.15) is 0 Å². The van der Waals surface area contributed by atoms with Crippen LogP contribution in [0.2, 0.25) is 0 Å². The summed E-state index contributed by atoms with van der Waals surface area (Å²) in [5, 5.41) is 0. The highest BCUT2D eigenvalue weighted by molar-refractivity contribution is 8.93. The number of carbonyl (C=O) groups is 1. The smallest absolute Gasteiger partial charge is 0.165 e. The maximum absolute atomic E-state index is 12.9. The Bertz CT molecular complexity index is 312. The maximum Gasteiger partial charge on any atom is 0.165 e. The molecule has 0 amide bonds. The third-order valence-corrected chi connectivity index (χ3v) is 1.55. The van der Waals surface area contributed by atoms with Crippen LogP contribution in [0.3, 0.4) is 0 Å². The van der Waals surface area contributed by atoms with Gasteiger partial charge in [0, 0.05) is 0 Å². The Labute approximate surface area is 86.5 Å². The normalized spacial score (nSPS) is 8.85. The number of benzene rings is 1. The van der Waals surface area contributed by atoms with Crippen LogP contribution in [0, 0.1) is 5.82 Å². The number of carbonyl (C=O) groups excluding carboxylic acids is 1. The quantitative estimate of drug-likeness (QED) is 0.753. The molecule has 0 aromatic heterocycles. The highest BCUT2D eigenvalue weighted by Gasteiger charge is 2.11. The summed E-state index contributed by atoms with van der Waals surface area (Å²) in [4.78, 5) is 10.9. The summed E-state index contributed by atoms with van der Waals surface area (Å²) in [5.41, 5.74) is 0.275. The molecule has 0 aliphatic carbocycles. The Balaban J connectivity index is 0.00000144. The lowest BCUT2D eigenvalue weighted by Gasteiger charge is -2.05. The molecule has 1 aromatic carbocycles. The first-order chi connectivity index (χ1) is 5.66. The number of rotatable bonds is 2. The van der Waals surface area contributed by atoms with Crippen LogP contribution in [0.25, 0.3) is 0 Å². The van der Waals surface area contributed by atoms with Crippen LogP contribution in [0.1, 0.15) is 17.3 Å². The number of hydrogen-bond donors (Lipinski definition) is 0. The number of methoxy groups -OCH3 is 1. The molecule has 0 saturated heterocycles. The van der Waals surface area contributed by atoms with Crippen LogP contribution in [0.15, 0.2) is 18.2 Å². The molecule has 0 saturated carbocycles. The number of ether oxygens (including phenoxy) is 1. The molecule has 0 aliphatic rings. The lowest BCUT2D eigenvalue weighted by Crippen LogP contribution is -1.99. The van der Waals surface area contributed by atoms with Crippen LogP contribution >= 0.6 is 17.0 Å². The SMILES string of the molecule is Br.COc1c(F)cccc1C(C)=O. The van der Waals surface area contributed by atoms with Gasteiger partial charge in [-0.1, -0.05) is 6.07 Å². The van der Waals surface area contributed by atoms with Crippen molar-refractivity contribution in [3.8, 4) is 5.75 Å². The average molecular weight is 249 g/mol. The molecule has 0 spiro atoms. The molecule has 0 aliphatic heterocycles. The first kappa shape index (κ1) is 12.1. The topological polar surface area (TPSA) is 26.3 Å². The second kappa shape index (κ2) is 4.97. The summed E-state index contributed by atoms with van der Waals surface area (Å²) in [5.74, 6) is -0.693. The van der Waals surface area contributed by atoms with E-state index in [1.807, 2.05) is 0 Å². The van der Waals surface area contributed by atoms with Crippen molar-refractivity contribution in [2.75, 3.05) is 7.11 Å². The van der Waals surface area contributed by atoms with E-state index in [0.717, 1.165) is 0 Å². The fourth-order valence-electron chi connectivity index (χ4n) is 0.994. The van der Waals surface area contributed by atoms with Crippen LogP contribution in [0.5, 0.6) is 5.75 Å². The van der Waals surface area contributed by atoms with Crippen LogP contribution < -0.4 is 4.74 Å². The Morgan fingerprint density at radius 3 is 2.46 bits per heavy atom. The Morgan fingerprint density at radius 2 is 2.08 bits per heavy atom. The molecular weight excluding hydrogens is 239 g/mol. The van der Waals surface area contributed by atoms with Crippen molar-refractivity contribution in [3.05, 3.63) is 29.6 Å². The van der Waals surface area contributed by atoms with Crippen molar-refractivity contribution in [2.24, 2.45) is 0 Å². The van der Waals surface area contributed by atoms with Crippen LogP contribution in [-0.2, 0) is 0 Å². The van der Waals surface area contributed by atoms with Gasteiger partial charge in [0.05, 0.1) is 12.7 Å². The van der Waals surface area contributed by atoms with Crippen molar-refractivity contribution in [2.45, 2.75) is 6.92 Å². The first-order valence-corrected chi connectivity index (χ1v) is 3.50. The standard InChI is InChI=1S/C9H9FO2.BrH/c1-6(11)7-4-3-5-8(10)9(7)12-2;/h3-5H,1-2H3;1H. The van der Waals surface area contributed by atoms with Gasteiger partial charge in [0.2, 0.25) is 0 Å². The Morgan fingerprint density at radius 1 is 1.46 bits per heavy atom. The highest BCUT2D eigenvalue weighted by atomic mass is 79.9. The van der Waals surface area contributed by atoms with Gasteiger partial charge < -0.3 is 4.74 Å². The molecular formula is C9H10BrFO2. The highest BCUT2D eigenvalue weighted by Crippen LogP contribution is 2.22. The Kier molecular flexibility index (Phi) is 4.62. The lowest BCUT2D eigenvalue weighted by molar-refractivity contribution is 0.101. The van der Waals surface area contributed by atoms with Gasteiger partial charge >= 0.3 is 0 Å². The molecule has 72 valence electrons. The van der Waals surface area contributed by atoms with Crippen LogP contribution in [-0.4, -0.2) is 12.9 Å². The van der Waals surface area contributed by atoms with E-state index >= 15 is 0 Å². The Hall–Kier alpha value is -0.900. The number of Topliss-reactive ketones (excluding diaryl/α,β-unsaturated/α-hetero) is 1. The first-order valence-electron chi connectivity index (χ1n) is 3.50. The van der Waals surface area contributed by atoms with E-state index in [0.29, 0.717) is 0 Å². The van der Waals surface area contributed by atoms with Gasteiger partial charge in [-0.25, -0.2) is 4.39 Å². The summed E-state index contributed by atoms with van der Waals surface area (Å²) in [6.07, 6.45) is 0. The number of halogens is 2. The zero-order chi connectivity index (χ0) is 9.14. The van der Waals surface area contributed by atoms with Gasteiger partial charge in [0.1, 0.15) is 0 Å². The predicted molar refractivity (Wildman–Crippen MR) is 53.3 cm³/mol. The molecule has 1 aromatic rings. The van der Waals surface area contributed by atoms with E-state index < -0.39 is 5.82 Å². The van der Waals surface area contributed by atoms with E-state index in [1.165, 1.54) is 32.2 Å². The van der Waals surface area contributed by atoms with Gasteiger partial charge in [0.15, 0.2) is 17.3 Å². The van der Waals surface area contributed by atoms with E-state index in [1.54, 1.807) is 0 Å². The van der Waals surface area contributed by atoms with Crippen molar-refractivity contribution in [1.82, 2.24) is 0 Å². The number of ketones is 1. The maximum atomic E-state index is 12.9. The number of para-hydroxylation sites is 1. The number of hydrogen-bond acceptors (Lipinski definition) is 2. The van der Waals surface area contributed by atoms with Gasteiger partial charge in [-0.15, -0.1) is 17.0 Å². The van der Waals surface area contributed by atoms with Crippen molar-refractivity contribution in [1.29, 1.82) is 0 Å². The molecule has 1 rings (SSSR count). The fourth-order valence-corrected chi connectivity index (χ4v) is 0.994. The zero-order valence-corrected chi connectivity index (χ0v) is 9.05. The average Bonchev–Trinajstić information content (AvgIpc) is 2.03. The van der Waals surface area contributed by atoms with Gasteiger partial charge in [-0.05, 0) is 19.1 Å². The minimum Gasteiger partial charge on any atom is -0.493 e. The molecule has 0 fully saturated rings. The summed E-state index contributed by atoms with van der Waals surface area (Å²) < 4.78 is 17.7. The molecule has 4 heteroatoms. The zero-order valence-electron chi connectivity index (χ0n) is 7.33. The van der Waals surface area contributed by atoms with E-state index in [2.05, 4.69) is 0 Å². The summed E-state index contributed by atoms with van der Waals surface area (Å²) >= 11 is 0. The molecule has 0 atom stereocenters. The van der Waals surface area contributed by atoms with Crippen LogP contribution in [0.4, 0.5) is 4.39 Å². The minimum absolute atomic E-state index is 0. The van der Waals surface area contributed by atoms with E-state index in [9.17, 15) is 9.18 Å². The monoisotopic (exact) mass is 248 g/mol. The minimum atomic E-state index is -0.509. The lowest BCUT2D eigenvalue weighted by atomic mass is 10.1. The molecule has 0 bridgehead atoms. The second-order valence-corrected chi connectivity index (χ2v) is 2.38. The van der Waals surface area contributed by atoms with E-state index in [-0.39, 0.29) is 34.1 Å². The predicted octanol–water partition coefficient (Wildman–Crippen LogP) is 2.61. The molecule has 13 heavy (non-hydrogen) atoms. The van der Waals surface area contributed by atoms with Gasteiger partial charge in [0.25, 0.3) is 0 Å². The third-order valence-electron chi connectivity index (χ3n) is 1.55. The van der Waals surface area contributed by atoms with Crippen molar-refractivity contribution < 1.29 is 13.9 Å². The summed E-state index contributed by atoms with van der Waals surface area (Å²) in [6, 6.07) is 4.27. The van der Waals surface area contributed by atoms with Crippen molar-refractivity contribution >= 4 is 22.8 Å². The molecule has 0 unspecified atom stereocenters. The van der Waals surface area contributed by atoms with Gasteiger partial charge in [-0.3, -0.25) is 4.79 Å².